The lowest BCUT2D eigenvalue weighted by Crippen LogP contribution is -2.48. The van der Waals surface area contributed by atoms with Gasteiger partial charge in [0.15, 0.2) is 6.10 Å². The van der Waals surface area contributed by atoms with E-state index in [1.807, 2.05) is 32.9 Å². The van der Waals surface area contributed by atoms with Crippen molar-refractivity contribution < 1.29 is 9.53 Å². The molecule has 0 aliphatic rings. The highest BCUT2D eigenvalue weighted by atomic mass is 16.5. The first kappa shape index (κ1) is 18.5. The highest BCUT2D eigenvalue weighted by Gasteiger charge is 2.25. The molecule has 0 aromatic heterocycles. The molecule has 0 saturated carbocycles. The second-order valence-corrected chi connectivity index (χ2v) is 6.86. The minimum absolute atomic E-state index is 0.0194. The van der Waals surface area contributed by atoms with Gasteiger partial charge >= 0.3 is 0 Å². The molecule has 0 spiro atoms. The van der Waals surface area contributed by atoms with E-state index in [4.69, 9.17) is 4.74 Å². The zero-order valence-corrected chi connectivity index (χ0v) is 15.1. The fourth-order valence-electron chi connectivity index (χ4n) is 2.85. The highest BCUT2D eigenvalue weighted by molar-refractivity contribution is 5.81. The number of aryl methyl sites for hydroxylation is 2. The second-order valence-electron chi connectivity index (χ2n) is 6.86. The van der Waals surface area contributed by atoms with Gasteiger partial charge in [-0.15, -0.1) is 0 Å². The van der Waals surface area contributed by atoms with E-state index in [2.05, 4.69) is 39.1 Å². The fourth-order valence-corrected chi connectivity index (χ4v) is 2.85. The Kier molecular flexibility index (Phi) is 6.92. The molecule has 22 heavy (non-hydrogen) atoms. The van der Waals surface area contributed by atoms with E-state index in [-0.39, 0.29) is 11.9 Å². The molecular weight excluding hydrogens is 274 g/mol. The Balaban J connectivity index is 2.80. The molecule has 124 valence electrons. The summed E-state index contributed by atoms with van der Waals surface area (Å²) in [6.07, 6.45) is 0.211. The molecule has 0 aliphatic carbocycles. The summed E-state index contributed by atoms with van der Waals surface area (Å²) >= 11 is 0. The van der Waals surface area contributed by atoms with Crippen molar-refractivity contribution in [3.63, 3.8) is 0 Å². The molecule has 0 radical (unpaired) electrons. The average Bonchev–Trinajstić information content (AvgIpc) is 2.39. The van der Waals surface area contributed by atoms with Gasteiger partial charge in [0, 0.05) is 6.04 Å². The van der Waals surface area contributed by atoms with Crippen LogP contribution in [0.2, 0.25) is 0 Å². The number of nitrogens with one attached hydrogen (secondary N) is 1. The number of benzene rings is 1. The summed E-state index contributed by atoms with van der Waals surface area (Å²) in [5.41, 5.74) is 2.29. The summed E-state index contributed by atoms with van der Waals surface area (Å²) in [5, 5.41) is 3.15. The van der Waals surface area contributed by atoms with Crippen LogP contribution in [-0.4, -0.2) is 18.1 Å². The Labute approximate surface area is 135 Å². The van der Waals surface area contributed by atoms with Gasteiger partial charge in [-0.25, -0.2) is 0 Å². The molecule has 0 aliphatic heterocycles. The van der Waals surface area contributed by atoms with E-state index in [0.29, 0.717) is 18.3 Å². The molecule has 0 fully saturated rings. The van der Waals surface area contributed by atoms with Crippen molar-refractivity contribution >= 4 is 5.91 Å². The van der Waals surface area contributed by atoms with Gasteiger partial charge in [-0.05, 0) is 55.4 Å². The zero-order chi connectivity index (χ0) is 16.9. The third-order valence-corrected chi connectivity index (χ3v) is 3.88. The van der Waals surface area contributed by atoms with Crippen LogP contribution in [0.4, 0.5) is 0 Å². The molecule has 1 atom stereocenters. The molecule has 1 rings (SSSR count). The smallest absolute Gasteiger partial charge is 0.261 e. The number of ether oxygens (including phenoxy) is 1. The van der Waals surface area contributed by atoms with Crippen molar-refractivity contribution in [2.75, 3.05) is 0 Å². The van der Waals surface area contributed by atoms with E-state index in [9.17, 15) is 4.79 Å². The van der Waals surface area contributed by atoms with E-state index in [1.54, 1.807) is 0 Å². The van der Waals surface area contributed by atoms with E-state index >= 15 is 0 Å². The molecule has 1 aromatic carbocycles. The zero-order valence-electron chi connectivity index (χ0n) is 15.1. The average molecular weight is 305 g/mol. The predicted octanol–water partition coefficient (Wildman–Crippen LogP) is 4.26. The van der Waals surface area contributed by atoms with Crippen LogP contribution in [0.25, 0.3) is 0 Å². The van der Waals surface area contributed by atoms with Crippen LogP contribution in [0.15, 0.2) is 18.2 Å². The lowest BCUT2D eigenvalue weighted by Gasteiger charge is -2.28. The normalized spacial score (nSPS) is 12.8. The topological polar surface area (TPSA) is 38.3 Å². The van der Waals surface area contributed by atoms with Crippen LogP contribution in [0.1, 0.15) is 52.2 Å². The van der Waals surface area contributed by atoms with E-state index in [0.717, 1.165) is 16.9 Å². The highest BCUT2D eigenvalue weighted by Crippen LogP contribution is 2.19. The number of carbonyl (C=O) groups excluding carboxylic acids is 1. The van der Waals surface area contributed by atoms with Crippen LogP contribution in [0.3, 0.4) is 0 Å². The maximum absolute atomic E-state index is 12.5. The van der Waals surface area contributed by atoms with Gasteiger partial charge < -0.3 is 10.1 Å². The maximum Gasteiger partial charge on any atom is 0.261 e. The Hall–Kier alpha value is -1.51. The summed E-state index contributed by atoms with van der Waals surface area (Å²) in [7, 11) is 0. The minimum atomic E-state index is -0.443. The molecular formula is C19H31NO2. The van der Waals surface area contributed by atoms with Crippen molar-refractivity contribution in [3.05, 3.63) is 29.3 Å². The molecule has 1 amide bonds. The van der Waals surface area contributed by atoms with Gasteiger partial charge in [0.05, 0.1) is 0 Å². The molecule has 1 N–H and O–H groups in total. The SMILES string of the molecule is CCC(Oc1cc(C)cc(C)c1)C(=O)NC(C(C)C)C(C)C. The Morgan fingerprint density at radius 3 is 1.95 bits per heavy atom. The second kappa shape index (κ2) is 8.21. The van der Waals surface area contributed by atoms with Gasteiger partial charge in [-0.3, -0.25) is 4.79 Å². The van der Waals surface area contributed by atoms with E-state index < -0.39 is 6.10 Å². The fraction of sp³-hybridized carbons (Fsp3) is 0.632. The molecule has 1 unspecified atom stereocenters. The van der Waals surface area contributed by atoms with Gasteiger partial charge in [0.2, 0.25) is 0 Å². The lowest BCUT2D eigenvalue weighted by molar-refractivity contribution is -0.129. The van der Waals surface area contributed by atoms with Gasteiger partial charge in [0.25, 0.3) is 5.91 Å². The summed E-state index contributed by atoms with van der Waals surface area (Å²) < 4.78 is 5.94. The molecule has 0 heterocycles. The Bertz CT molecular complexity index is 466. The first-order valence-corrected chi connectivity index (χ1v) is 8.29. The van der Waals surface area contributed by atoms with Crippen LogP contribution >= 0.6 is 0 Å². The number of rotatable bonds is 7. The van der Waals surface area contributed by atoms with Gasteiger partial charge in [-0.1, -0.05) is 40.7 Å². The van der Waals surface area contributed by atoms with Crippen molar-refractivity contribution in [1.29, 1.82) is 0 Å². The number of carbonyl (C=O) groups is 1. The molecule has 3 nitrogen and oxygen atoms in total. The van der Waals surface area contributed by atoms with Gasteiger partial charge in [-0.2, -0.15) is 0 Å². The van der Waals surface area contributed by atoms with Crippen molar-refractivity contribution in [3.8, 4) is 5.75 Å². The predicted molar refractivity (Wildman–Crippen MR) is 92.2 cm³/mol. The van der Waals surface area contributed by atoms with Crippen molar-refractivity contribution in [1.82, 2.24) is 5.32 Å². The monoisotopic (exact) mass is 305 g/mol. The summed E-state index contributed by atoms with van der Waals surface area (Å²) in [6, 6.07) is 6.22. The molecule has 0 saturated heterocycles. The van der Waals surface area contributed by atoms with Crippen molar-refractivity contribution in [2.45, 2.75) is 67.0 Å². The third kappa shape index (κ3) is 5.36. The summed E-state index contributed by atoms with van der Waals surface area (Å²) in [6.45, 7) is 14.6. The first-order chi connectivity index (χ1) is 10.2. The van der Waals surface area contributed by atoms with Crippen molar-refractivity contribution in [2.24, 2.45) is 11.8 Å². The summed E-state index contributed by atoms with van der Waals surface area (Å²) in [5.74, 6) is 1.56. The third-order valence-electron chi connectivity index (χ3n) is 3.88. The molecule has 3 heteroatoms. The van der Waals surface area contributed by atoms with Crippen LogP contribution in [0, 0.1) is 25.7 Å². The largest absolute Gasteiger partial charge is 0.481 e. The summed E-state index contributed by atoms with van der Waals surface area (Å²) in [4.78, 5) is 12.5. The van der Waals surface area contributed by atoms with Crippen LogP contribution in [-0.2, 0) is 4.79 Å². The maximum atomic E-state index is 12.5. The lowest BCUT2D eigenvalue weighted by atomic mass is 9.93. The van der Waals surface area contributed by atoms with E-state index in [1.165, 1.54) is 0 Å². The minimum Gasteiger partial charge on any atom is -0.481 e. The standard InChI is InChI=1S/C19H31NO2/c1-8-17(19(21)20-18(12(2)3)13(4)5)22-16-10-14(6)9-15(7)11-16/h9-13,17-18H,8H2,1-7H3,(H,20,21). The van der Waals surface area contributed by atoms with Crippen LogP contribution in [0.5, 0.6) is 5.75 Å². The van der Waals surface area contributed by atoms with Gasteiger partial charge in [0.1, 0.15) is 5.75 Å². The molecule has 0 bridgehead atoms. The number of amides is 1. The Morgan fingerprint density at radius 1 is 1.05 bits per heavy atom. The quantitative estimate of drug-likeness (QED) is 0.817. The number of hydrogen-bond donors (Lipinski definition) is 1. The molecule has 1 aromatic rings. The first-order valence-electron chi connectivity index (χ1n) is 8.29. The number of hydrogen-bond acceptors (Lipinski definition) is 2. The van der Waals surface area contributed by atoms with Crippen LogP contribution < -0.4 is 10.1 Å². The Morgan fingerprint density at radius 2 is 1.55 bits per heavy atom.